The van der Waals surface area contributed by atoms with Gasteiger partial charge in [-0.05, 0) is 43.0 Å². The van der Waals surface area contributed by atoms with Gasteiger partial charge in [-0.1, -0.05) is 18.9 Å². The van der Waals surface area contributed by atoms with Crippen LogP contribution in [0, 0.1) is 6.92 Å². The first-order valence-corrected chi connectivity index (χ1v) is 5.60. The van der Waals surface area contributed by atoms with E-state index in [1.54, 1.807) is 7.11 Å². The normalized spacial score (nSPS) is 19.1. The molecule has 1 fully saturated rings. The van der Waals surface area contributed by atoms with Gasteiger partial charge in [0.2, 0.25) is 0 Å². The van der Waals surface area contributed by atoms with E-state index in [2.05, 4.69) is 19.1 Å². The number of methoxy groups -OCH3 is 1. The minimum Gasteiger partial charge on any atom is -0.497 e. The lowest BCUT2D eigenvalue weighted by atomic mass is 9.86. The van der Waals surface area contributed by atoms with E-state index in [1.165, 1.54) is 24.0 Å². The Morgan fingerprint density at radius 3 is 2.53 bits per heavy atom. The summed E-state index contributed by atoms with van der Waals surface area (Å²) in [6.45, 7) is 2.13. The van der Waals surface area contributed by atoms with E-state index in [0.29, 0.717) is 0 Å². The standard InChI is InChI=1S/C13H19NO/c1-10-5-6-11(15-2)9-12(10)13(14)7-3-4-8-13/h5-6,9H,3-4,7-8,14H2,1-2H3. The quantitative estimate of drug-likeness (QED) is 0.805. The minimum absolute atomic E-state index is 0.112. The SMILES string of the molecule is COc1ccc(C)c(C2(N)CCCC2)c1. The first kappa shape index (κ1) is 10.5. The molecule has 0 aliphatic heterocycles. The Hall–Kier alpha value is -1.02. The molecule has 1 aliphatic carbocycles. The highest BCUT2D eigenvalue weighted by molar-refractivity contribution is 5.39. The number of ether oxygens (including phenoxy) is 1. The summed E-state index contributed by atoms with van der Waals surface area (Å²) in [6, 6.07) is 6.19. The van der Waals surface area contributed by atoms with E-state index in [-0.39, 0.29) is 5.54 Å². The highest BCUT2D eigenvalue weighted by Gasteiger charge is 2.32. The number of aryl methyl sites for hydroxylation is 1. The highest BCUT2D eigenvalue weighted by Crippen LogP contribution is 2.38. The molecule has 1 aromatic carbocycles. The summed E-state index contributed by atoms with van der Waals surface area (Å²) < 4.78 is 5.26. The molecule has 0 aromatic heterocycles. The summed E-state index contributed by atoms with van der Waals surface area (Å²) in [4.78, 5) is 0. The van der Waals surface area contributed by atoms with Crippen molar-refractivity contribution in [1.29, 1.82) is 0 Å². The summed E-state index contributed by atoms with van der Waals surface area (Å²) in [5.74, 6) is 0.910. The Morgan fingerprint density at radius 2 is 1.93 bits per heavy atom. The molecule has 1 aromatic rings. The average Bonchev–Trinajstić information content (AvgIpc) is 2.67. The topological polar surface area (TPSA) is 35.2 Å². The summed E-state index contributed by atoms with van der Waals surface area (Å²) in [6.07, 6.45) is 4.68. The first-order valence-electron chi connectivity index (χ1n) is 5.60. The maximum Gasteiger partial charge on any atom is 0.119 e. The van der Waals surface area contributed by atoms with Gasteiger partial charge in [-0.2, -0.15) is 0 Å². The molecule has 0 heterocycles. The lowest BCUT2D eigenvalue weighted by molar-refractivity contribution is 0.408. The van der Waals surface area contributed by atoms with Gasteiger partial charge in [-0.25, -0.2) is 0 Å². The van der Waals surface area contributed by atoms with Crippen molar-refractivity contribution in [3.63, 3.8) is 0 Å². The van der Waals surface area contributed by atoms with Gasteiger partial charge in [0.15, 0.2) is 0 Å². The Balaban J connectivity index is 2.41. The number of nitrogens with two attached hydrogens (primary N) is 1. The molecule has 0 bridgehead atoms. The third kappa shape index (κ3) is 1.86. The Bertz CT molecular complexity index is 354. The lowest BCUT2D eigenvalue weighted by Gasteiger charge is -2.26. The second kappa shape index (κ2) is 3.86. The van der Waals surface area contributed by atoms with Gasteiger partial charge in [0.25, 0.3) is 0 Å². The smallest absolute Gasteiger partial charge is 0.119 e. The van der Waals surface area contributed by atoms with Crippen molar-refractivity contribution in [2.24, 2.45) is 5.73 Å². The van der Waals surface area contributed by atoms with Crippen molar-refractivity contribution >= 4 is 0 Å². The zero-order valence-electron chi connectivity index (χ0n) is 9.55. The van der Waals surface area contributed by atoms with Crippen LogP contribution in [-0.2, 0) is 5.54 Å². The molecule has 2 rings (SSSR count). The fourth-order valence-corrected chi connectivity index (χ4v) is 2.54. The predicted octanol–water partition coefficient (Wildman–Crippen LogP) is 2.73. The van der Waals surface area contributed by atoms with Crippen LogP contribution in [0.1, 0.15) is 36.8 Å². The van der Waals surface area contributed by atoms with Gasteiger partial charge in [0, 0.05) is 5.54 Å². The van der Waals surface area contributed by atoms with E-state index >= 15 is 0 Å². The molecule has 0 atom stereocenters. The molecule has 0 radical (unpaired) electrons. The van der Waals surface area contributed by atoms with Crippen molar-refractivity contribution in [3.8, 4) is 5.75 Å². The monoisotopic (exact) mass is 205 g/mol. The second-order valence-electron chi connectivity index (χ2n) is 4.54. The third-order valence-corrected chi connectivity index (χ3v) is 3.48. The van der Waals surface area contributed by atoms with Crippen LogP contribution in [0.4, 0.5) is 0 Å². The Kier molecular flexibility index (Phi) is 2.70. The van der Waals surface area contributed by atoms with E-state index in [9.17, 15) is 0 Å². The molecular formula is C13H19NO. The van der Waals surface area contributed by atoms with Crippen LogP contribution in [0.15, 0.2) is 18.2 Å². The van der Waals surface area contributed by atoms with E-state index in [4.69, 9.17) is 10.5 Å². The van der Waals surface area contributed by atoms with Gasteiger partial charge >= 0.3 is 0 Å². The fraction of sp³-hybridized carbons (Fsp3) is 0.538. The van der Waals surface area contributed by atoms with Crippen molar-refractivity contribution in [3.05, 3.63) is 29.3 Å². The van der Waals surface area contributed by atoms with Crippen molar-refractivity contribution in [2.75, 3.05) is 7.11 Å². The van der Waals surface area contributed by atoms with Crippen LogP contribution in [-0.4, -0.2) is 7.11 Å². The maximum atomic E-state index is 6.45. The molecule has 2 heteroatoms. The lowest BCUT2D eigenvalue weighted by Crippen LogP contribution is -2.33. The number of benzene rings is 1. The number of rotatable bonds is 2. The summed E-state index contributed by atoms with van der Waals surface area (Å²) in [5, 5.41) is 0. The number of hydrogen-bond acceptors (Lipinski definition) is 2. The summed E-state index contributed by atoms with van der Waals surface area (Å²) >= 11 is 0. The predicted molar refractivity (Wildman–Crippen MR) is 62.1 cm³/mol. The van der Waals surface area contributed by atoms with Crippen molar-refractivity contribution in [1.82, 2.24) is 0 Å². The zero-order chi connectivity index (χ0) is 10.9. The highest BCUT2D eigenvalue weighted by atomic mass is 16.5. The molecule has 1 saturated carbocycles. The van der Waals surface area contributed by atoms with Crippen LogP contribution in [0.3, 0.4) is 0 Å². The molecule has 0 unspecified atom stereocenters. The van der Waals surface area contributed by atoms with E-state index < -0.39 is 0 Å². The maximum absolute atomic E-state index is 6.45. The van der Waals surface area contributed by atoms with Gasteiger partial charge in [-0.15, -0.1) is 0 Å². The largest absolute Gasteiger partial charge is 0.497 e. The third-order valence-electron chi connectivity index (χ3n) is 3.48. The van der Waals surface area contributed by atoms with Crippen LogP contribution in [0.5, 0.6) is 5.75 Å². The van der Waals surface area contributed by atoms with Gasteiger partial charge in [-0.3, -0.25) is 0 Å². The fourth-order valence-electron chi connectivity index (χ4n) is 2.54. The minimum atomic E-state index is -0.112. The summed E-state index contributed by atoms with van der Waals surface area (Å²) in [7, 11) is 1.70. The molecule has 1 aliphatic rings. The van der Waals surface area contributed by atoms with Crippen molar-refractivity contribution in [2.45, 2.75) is 38.1 Å². The van der Waals surface area contributed by atoms with Gasteiger partial charge in [0.05, 0.1) is 7.11 Å². The molecule has 0 saturated heterocycles. The summed E-state index contributed by atoms with van der Waals surface area (Å²) in [5.41, 5.74) is 8.88. The van der Waals surface area contributed by atoms with E-state index in [1.807, 2.05) is 6.07 Å². The average molecular weight is 205 g/mol. The molecule has 82 valence electrons. The van der Waals surface area contributed by atoms with Crippen molar-refractivity contribution < 1.29 is 4.74 Å². The second-order valence-corrected chi connectivity index (χ2v) is 4.54. The molecule has 0 amide bonds. The van der Waals surface area contributed by atoms with E-state index in [0.717, 1.165) is 18.6 Å². The Labute approximate surface area is 91.4 Å². The van der Waals surface area contributed by atoms with Gasteiger partial charge in [0.1, 0.15) is 5.75 Å². The zero-order valence-corrected chi connectivity index (χ0v) is 9.55. The molecule has 0 spiro atoms. The van der Waals surface area contributed by atoms with Gasteiger partial charge < -0.3 is 10.5 Å². The first-order chi connectivity index (χ1) is 7.15. The molecule has 15 heavy (non-hydrogen) atoms. The molecule has 2 N–H and O–H groups in total. The Morgan fingerprint density at radius 1 is 1.27 bits per heavy atom. The number of hydrogen-bond donors (Lipinski definition) is 1. The van der Waals surface area contributed by atoms with Crippen LogP contribution >= 0.6 is 0 Å². The van der Waals surface area contributed by atoms with Crippen LogP contribution < -0.4 is 10.5 Å². The molecular weight excluding hydrogens is 186 g/mol. The van der Waals surface area contributed by atoms with Crippen LogP contribution in [0.25, 0.3) is 0 Å². The molecule has 2 nitrogen and oxygen atoms in total. The van der Waals surface area contributed by atoms with Crippen LogP contribution in [0.2, 0.25) is 0 Å².